The monoisotopic (exact) mass is 335 g/mol. The van der Waals surface area contributed by atoms with Crippen LogP contribution in [0.2, 0.25) is 0 Å². The Morgan fingerprint density at radius 3 is 2.32 bits per heavy atom. The molecule has 1 heterocycles. The molecule has 3 rings (SSSR count). The first-order valence-corrected chi connectivity index (χ1v) is 8.07. The minimum atomic E-state index is 0.438. The van der Waals surface area contributed by atoms with Gasteiger partial charge in [0.2, 0.25) is 0 Å². The highest BCUT2D eigenvalue weighted by Crippen LogP contribution is 2.31. The summed E-state index contributed by atoms with van der Waals surface area (Å²) in [5.41, 5.74) is 9.66. The van der Waals surface area contributed by atoms with Gasteiger partial charge in [-0.15, -0.1) is 0 Å². The number of aryl methyl sites for hydroxylation is 1. The van der Waals surface area contributed by atoms with Crippen LogP contribution in [0.3, 0.4) is 0 Å². The van der Waals surface area contributed by atoms with E-state index in [1.165, 1.54) is 11.9 Å². The Kier molecular flexibility index (Phi) is 4.99. The van der Waals surface area contributed by atoms with Crippen LogP contribution >= 0.6 is 0 Å². The fourth-order valence-corrected chi connectivity index (χ4v) is 2.43. The number of methoxy groups -OCH3 is 1. The van der Waals surface area contributed by atoms with E-state index in [2.05, 4.69) is 39.7 Å². The zero-order valence-corrected chi connectivity index (χ0v) is 14.3. The quantitative estimate of drug-likeness (QED) is 0.628. The highest BCUT2D eigenvalue weighted by molar-refractivity contribution is 5.81. The summed E-state index contributed by atoms with van der Waals surface area (Å²) in [6.07, 6.45) is 2.47. The molecule has 0 radical (unpaired) electrons. The fourth-order valence-electron chi connectivity index (χ4n) is 2.43. The van der Waals surface area contributed by atoms with Gasteiger partial charge in [-0.05, 0) is 36.2 Å². The summed E-state index contributed by atoms with van der Waals surface area (Å²) in [7, 11) is 1.62. The number of nitrogens with one attached hydrogen (secondary N) is 2. The number of ether oxygens (including phenoxy) is 1. The van der Waals surface area contributed by atoms with Crippen LogP contribution in [0.5, 0.6) is 5.75 Å². The molecule has 0 unspecified atom stereocenters. The number of para-hydroxylation sites is 2. The third-order valence-corrected chi connectivity index (χ3v) is 3.87. The standard InChI is InChI=1S/C19H21N5O/c1-3-13-8-10-14(11-9-13)23-18-17(20)19(22-12-21-18)24-15-6-4-5-7-16(15)25-2/h4-12H,3,20H2,1-2H3,(H2,21,22,23,24). The first kappa shape index (κ1) is 16.6. The van der Waals surface area contributed by atoms with Gasteiger partial charge in [0, 0.05) is 5.69 Å². The van der Waals surface area contributed by atoms with E-state index in [9.17, 15) is 0 Å². The molecule has 0 spiro atoms. The molecule has 6 nitrogen and oxygen atoms in total. The normalized spacial score (nSPS) is 10.3. The number of anilines is 5. The van der Waals surface area contributed by atoms with E-state index in [4.69, 9.17) is 10.5 Å². The zero-order valence-electron chi connectivity index (χ0n) is 14.3. The van der Waals surface area contributed by atoms with E-state index >= 15 is 0 Å². The predicted molar refractivity (Wildman–Crippen MR) is 102 cm³/mol. The lowest BCUT2D eigenvalue weighted by atomic mass is 10.1. The van der Waals surface area contributed by atoms with E-state index in [1.54, 1.807) is 7.11 Å². The Labute approximate surface area is 147 Å². The van der Waals surface area contributed by atoms with Crippen molar-refractivity contribution in [3.05, 3.63) is 60.4 Å². The molecule has 1 aromatic heterocycles. The van der Waals surface area contributed by atoms with Crippen LogP contribution in [0.15, 0.2) is 54.9 Å². The van der Waals surface area contributed by atoms with Crippen LogP contribution < -0.4 is 21.1 Å². The Bertz CT molecular complexity index is 849. The molecule has 6 heteroatoms. The third kappa shape index (κ3) is 3.80. The topological polar surface area (TPSA) is 85.1 Å². The summed E-state index contributed by atoms with van der Waals surface area (Å²) in [6.45, 7) is 2.13. The Balaban J connectivity index is 1.84. The van der Waals surface area contributed by atoms with Gasteiger partial charge in [0.1, 0.15) is 17.8 Å². The van der Waals surface area contributed by atoms with Gasteiger partial charge in [-0.3, -0.25) is 0 Å². The first-order valence-electron chi connectivity index (χ1n) is 8.07. The van der Waals surface area contributed by atoms with Crippen molar-refractivity contribution in [1.29, 1.82) is 0 Å². The van der Waals surface area contributed by atoms with Crippen molar-refractivity contribution in [3.8, 4) is 5.75 Å². The number of benzene rings is 2. The summed E-state index contributed by atoms with van der Waals surface area (Å²) in [5.74, 6) is 1.79. The average Bonchev–Trinajstić information content (AvgIpc) is 2.66. The average molecular weight is 335 g/mol. The maximum Gasteiger partial charge on any atom is 0.159 e. The minimum Gasteiger partial charge on any atom is -0.495 e. The molecule has 0 atom stereocenters. The lowest BCUT2D eigenvalue weighted by Crippen LogP contribution is -2.05. The van der Waals surface area contributed by atoms with Crippen molar-refractivity contribution in [1.82, 2.24) is 9.97 Å². The van der Waals surface area contributed by atoms with Gasteiger partial charge in [-0.25, -0.2) is 9.97 Å². The van der Waals surface area contributed by atoms with Gasteiger partial charge in [0.15, 0.2) is 11.6 Å². The van der Waals surface area contributed by atoms with Gasteiger partial charge < -0.3 is 21.1 Å². The molecule has 128 valence electrons. The molecule has 2 aromatic carbocycles. The summed E-state index contributed by atoms with van der Waals surface area (Å²) in [5, 5.41) is 6.43. The number of hydrogen-bond donors (Lipinski definition) is 3. The molecular formula is C19H21N5O. The summed E-state index contributed by atoms with van der Waals surface area (Å²) >= 11 is 0. The fraction of sp³-hybridized carbons (Fsp3) is 0.158. The second-order valence-electron chi connectivity index (χ2n) is 5.49. The number of hydrogen-bond acceptors (Lipinski definition) is 6. The third-order valence-electron chi connectivity index (χ3n) is 3.87. The molecule has 0 saturated heterocycles. The maximum absolute atomic E-state index is 6.24. The van der Waals surface area contributed by atoms with Crippen molar-refractivity contribution in [3.63, 3.8) is 0 Å². The lowest BCUT2D eigenvalue weighted by molar-refractivity contribution is 0.417. The number of rotatable bonds is 6. The van der Waals surface area contributed by atoms with Crippen molar-refractivity contribution in [2.45, 2.75) is 13.3 Å². The minimum absolute atomic E-state index is 0.438. The van der Waals surface area contributed by atoms with Gasteiger partial charge in [0.25, 0.3) is 0 Å². The first-order chi connectivity index (χ1) is 12.2. The highest BCUT2D eigenvalue weighted by atomic mass is 16.5. The van der Waals surface area contributed by atoms with Crippen molar-refractivity contribution >= 4 is 28.7 Å². The molecule has 0 aliphatic heterocycles. The SMILES string of the molecule is CCc1ccc(Nc2ncnc(Nc3ccccc3OC)c2N)cc1. The molecule has 25 heavy (non-hydrogen) atoms. The molecule has 0 bridgehead atoms. The molecular weight excluding hydrogens is 314 g/mol. The van der Waals surface area contributed by atoms with Crippen LogP contribution in [0, 0.1) is 0 Å². The number of nitrogen functional groups attached to an aromatic ring is 1. The predicted octanol–water partition coefficient (Wildman–Crippen LogP) is 4.12. The Hall–Kier alpha value is -3.28. The molecule has 0 saturated carbocycles. The van der Waals surface area contributed by atoms with Gasteiger partial charge in [0.05, 0.1) is 12.8 Å². The molecule has 0 aliphatic rings. The van der Waals surface area contributed by atoms with Gasteiger partial charge in [-0.2, -0.15) is 0 Å². The number of nitrogens with two attached hydrogens (primary N) is 1. The van der Waals surface area contributed by atoms with Crippen LogP contribution in [-0.2, 0) is 6.42 Å². The number of aromatic nitrogens is 2. The smallest absolute Gasteiger partial charge is 0.159 e. The van der Waals surface area contributed by atoms with Crippen molar-refractivity contribution in [2.24, 2.45) is 0 Å². The lowest BCUT2D eigenvalue weighted by Gasteiger charge is -2.14. The van der Waals surface area contributed by atoms with Crippen LogP contribution in [0.4, 0.5) is 28.7 Å². The Morgan fingerprint density at radius 1 is 0.960 bits per heavy atom. The molecule has 0 fully saturated rings. The van der Waals surface area contributed by atoms with E-state index in [-0.39, 0.29) is 0 Å². The Morgan fingerprint density at radius 2 is 1.64 bits per heavy atom. The zero-order chi connectivity index (χ0) is 17.6. The molecule has 0 aliphatic carbocycles. The summed E-state index contributed by atoms with van der Waals surface area (Å²) in [6, 6.07) is 15.8. The van der Waals surface area contributed by atoms with Gasteiger partial charge >= 0.3 is 0 Å². The van der Waals surface area contributed by atoms with Crippen LogP contribution in [0.1, 0.15) is 12.5 Å². The second-order valence-corrected chi connectivity index (χ2v) is 5.49. The van der Waals surface area contributed by atoms with Crippen LogP contribution in [0.25, 0.3) is 0 Å². The maximum atomic E-state index is 6.24. The van der Waals surface area contributed by atoms with E-state index in [1.807, 2.05) is 36.4 Å². The van der Waals surface area contributed by atoms with Crippen LogP contribution in [-0.4, -0.2) is 17.1 Å². The largest absolute Gasteiger partial charge is 0.495 e. The molecule has 0 amide bonds. The summed E-state index contributed by atoms with van der Waals surface area (Å²) in [4.78, 5) is 8.48. The van der Waals surface area contributed by atoms with Crippen molar-refractivity contribution < 1.29 is 4.74 Å². The van der Waals surface area contributed by atoms with E-state index in [0.29, 0.717) is 23.1 Å². The van der Waals surface area contributed by atoms with Crippen molar-refractivity contribution in [2.75, 3.05) is 23.5 Å². The second kappa shape index (κ2) is 7.53. The molecule has 3 aromatic rings. The molecule has 4 N–H and O–H groups in total. The van der Waals surface area contributed by atoms with E-state index < -0.39 is 0 Å². The van der Waals surface area contributed by atoms with Gasteiger partial charge in [-0.1, -0.05) is 31.2 Å². The van der Waals surface area contributed by atoms with E-state index in [0.717, 1.165) is 17.8 Å². The number of nitrogens with zero attached hydrogens (tertiary/aromatic N) is 2. The summed E-state index contributed by atoms with van der Waals surface area (Å²) < 4.78 is 5.34. The highest BCUT2D eigenvalue weighted by Gasteiger charge is 2.10.